The van der Waals surface area contributed by atoms with E-state index in [0.29, 0.717) is 22.7 Å². The topological polar surface area (TPSA) is 51.3 Å². The molecule has 2 aromatic rings. The molecule has 1 aliphatic carbocycles. The van der Waals surface area contributed by atoms with E-state index in [0.717, 1.165) is 35.3 Å². The maximum atomic E-state index is 12.9. The number of hydrogen-bond donors (Lipinski definition) is 1. The zero-order valence-electron chi connectivity index (χ0n) is 16.3. The van der Waals surface area contributed by atoms with Crippen LogP contribution in [0.1, 0.15) is 51.5 Å². The van der Waals surface area contributed by atoms with Gasteiger partial charge in [0.1, 0.15) is 22.3 Å². The van der Waals surface area contributed by atoms with Crippen LogP contribution in [0.3, 0.4) is 0 Å². The summed E-state index contributed by atoms with van der Waals surface area (Å²) in [5, 5.41) is 0.321. The van der Waals surface area contributed by atoms with E-state index >= 15 is 0 Å². The van der Waals surface area contributed by atoms with Crippen LogP contribution in [0.2, 0.25) is 5.15 Å². The molecule has 0 spiro atoms. The van der Waals surface area contributed by atoms with Gasteiger partial charge in [-0.1, -0.05) is 37.1 Å². The highest BCUT2D eigenvalue weighted by atomic mass is 35.5. The number of benzene rings is 1. The second kappa shape index (κ2) is 6.59. The molecule has 0 amide bonds. The number of ether oxygens (including phenoxy) is 2. The second-order valence-corrected chi connectivity index (χ2v) is 8.83. The van der Waals surface area contributed by atoms with Crippen molar-refractivity contribution in [2.75, 3.05) is 7.11 Å². The molecule has 0 bridgehead atoms. The predicted octanol–water partition coefficient (Wildman–Crippen LogP) is 5.39. The fraction of sp³-hybridized carbons (Fsp3) is 0.500. The minimum atomic E-state index is -0.337. The number of pyridine rings is 1. The number of halogens is 1. The zero-order valence-corrected chi connectivity index (χ0v) is 17.0. The summed E-state index contributed by atoms with van der Waals surface area (Å²) >= 11 is 6.50. The largest absolute Gasteiger partial charge is 0.497 e. The van der Waals surface area contributed by atoms with E-state index in [9.17, 15) is 4.79 Å². The predicted molar refractivity (Wildman–Crippen MR) is 108 cm³/mol. The van der Waals surface area contributed by atoms with Crippen LogP contribution in [-0.4, -0.2) is 17.7 Å². The summed E-state index contributed by atoms with van der Waals surface area (Å²) in [5.74, 6) is 2.56. The fourth-order valence-electron chi connectivity index (χ4n) is 4.90. The van der Waals surface area contributed by atoms with Crippen LogP contribution >= 0.6 is 11.6 Å². The Hall–Kier alpha value is -1.94. The molecule has 4 nitrogen and oxygen atoms in total. The first kappa shape index (κ1) is 18.4. The van der Waals surface area contributed by atoms with Crippen LogP contribution in [0.4, 0.5) is 0 Å². The van der Waals surface area contributed by atoms with Crippen molar-refractivity contribution in [2.45, 2.75) is 51.6 Å². The van der Waals surface area contributed by atoms with Crippen LogP contribution in [0.25, 0.3) is 11.1 Å². The SMILES string of the molecule is COc1ccc(-c2c(Cl)[nH]c(=O)c3c2OC(C)(C)[C@@H]2CC[C@H](C)C[C@@H]32)cc1. The van der Waals surface area contributed by atoms with Crippen molar-refractivity contribution in [3.05, 3.63) is 45.3 Å². The Labute approximate surface area is 164 Å². The molecular weight excluding hydrogens is 362 g/mol. The summed E-state index contributed by atoms with van der Waals surface area (Å²) in [7, 11) is 1.64. The third-order valence-electron chi connectivity index (χ3n) is 6.28. The van der Waals surface area contributed by atoms with Crippen molar-refractivity contribution in [1.82, 2.24) is 4.98 Å². The van der Waals surface area contributed by atoms with Gasteiger partial charge in [0.15, 0.2) is 0 Å². The molecule has 4 rings (SSSR count). The van der Waals surface area contributed by atoms with Crippen LogP contribution in [0, 0.1) is 11.8 Å². The molecular formula is C22H26ClNO3. The minimum Gasteiger partial charge on any atom is -0.497 e. The normalized spacial score (nSPS) is 25.9. The molecule has 1 aliphatic heterocycles. The van der Waals surface area contributed by atoms with Crippen LogP contribution in [0.5, 0.6) is 11.5 Å². The number of rotatable bonds is 2. The van der Waals surface area contributed by atoms with E-state index in [1.165, 1.54) is 6.42 Å². The number of hydrogen-bond acceptors (Lipinski definition) is 3. The molecule has 0 radical (unpaired) electrons. The Morgan fingerprint density at radius 3 is 2.59 bits per heavy atom. The van der Waals surface area contributed by atoms with Gasteiger partial charge in [0, 0.05) is 5.92 Å². The molecule has 1 fully saturated rings. The van der Waals surface area contributed by atoms with Gasteiger partial charge in [-0.3, -0.25) is 4.79 Å². The van der Waals surface area contributed by atoms with Gasteiger partial charge in [-0.05, 0) is 56.2 Å². The molecule has 1 aromatic carbocycles. The molecule has 0 unspecified atom stereocenters. The van der Waals surface area contributed by atoms with Crippen molar-refractivity contribution in [2.24, 2.45) is 11.8 Å². The Balaban J connectivity index is 1.93. The number of nitrogens with one attached hydrogen (secondary N) is 1. The van der Waals surface area contributed by atoms with E-state index in [1.807, 2.05) is 24.3 Å². The smallest absolute Gasteiger partial charge is 0.256 e. The fourth-order valence-corrected chi connectivity index (χ4v) is 5.18. The molecule has 1 N–H and O–H groups in total. The Bertz CT molecular complexity index is 916. The van der Waals surface area contributed by atoms with Crippen LogP contribution < -0.4 is 15.0 Å². The van der Waals surface area contributed by atoms with E-state index in [1.54, 1.807) is 7.11 Å². The molecule has 1 aromatic heterocycles. The molecule has 2 heterocycles. The third kappa shape index (κ3) is 3.04. The number of H-pyrrole nitrogens is 1. The van der Waals surface area contributed by atoms with E-state index in [4.69, 9.17) is 21.1 Å². The van der Waals surface area contributed by atoms with Gasteiger partial charge in [0.25, 0.3) is 5.56 Å². The van der Waals surface area contributed by atoms with Gasteiger partial charge in [0.05, 0.1) is 18.2 Å². The van der Waals surface area contributed by atoms with Gasteiger partial charge in [-0.2, -0.15) is 0 Å². The van der Waals surface area contributed by atoms with Gasteiger partial charge in [-0.25, -0.2) is 0 Å². The molecule has 2 aliphatic rings. The highest BCUT2D eigenvalue weighted by molar-refractivity contribution is 6.32. The molecule has 27 heavy (non-hydrogen) atoms. The van der Waals surface area contributed by atoms with Crippen molar-refractivity contribution in [1.29, 1.82) is 0 Å². The molecule has 144 valence electrons. The molecule has 5 heteroatoms. The quantitative estimate of drug-likeness (QED) is 0.702. The van der Waals surface area contributed by atoms with Gasteiger partial charge < -0.3 is 14.5 Å². The second-order valence-electron chi connectivity index (χ2n) is 8.45. The van der Waals surface area contributed by atoms with E-state index in [2.05, 4.69) is 25.8 Å². The lowest BCUT2D eigenvalue weighted by Crippen LogP contribution is -2.48. The zero-order chi connectivity index (χ0) is 19.3. The number of aromatic nitrogens is 1. The maximum absolute atomic E-state index is 12.9. The summed E-state index contributed by atoms with van der Waals surface area (Å²) in [4.78, 5) is 15.8. The number of methoxy groups -OCH3 is 1. The monoisotopic (exact) mass is 387 g/mol. The van der Waals surface area contributed by atoms with Crippen LogP contribution in [-0.2, 0) is 0 Å². The molecule has 0 saturated heterocycles. The standard InChI is InChI=1S/C22H26ClNO3/c1-12-5-10-16-15(11-12)18-19(27-22(16,2)3)17(20(23)24-21(18)25)13-6-8-14(26-4)9-7-13/h6-9,12,15-16H,5,10-11H2,1-4H3,(H,24,25)/t12-,15+,16+/m0/s1. The summed E-state index contributed by atoms with van der Waals surface area (Å²) in [6.07, 6.45) is 3.27. The van der Waals surface area contributed by atoms with E-state index in [-0.39, 0.29) is 17.1 Å². The highest BCUT2D eigenvalue weighted by Gasteiger charge is 2.48. The molecule has 1 saturated carbocycles. The molecule has 3 atom stereocenters. The van der Waals surface area contributed by atoms with Gasteiger partial charge in [0.2, 0.25) is 0 Å². The average molecular weight is 388 g/mol. The highest BCUT2D eigenvalue weighted by Crippen LogP contribution is 2.54. The first-order valence-electron chi connectivity index (χ1n) is 9.61. The number of aromatic amines is 1. The third-order valence-corrected chi connectivity index (χ3v) is 6.56. The lowest BCUT2D eigenvalue weighted by atomic mass is 9.64. The lowest BCUT2D eigenvalue weighted by Gasteiger charge is -2.48. The Morgan fingerprint density at radius 2 is 1.93 bits per heavy atom. The van der Waals surface area contributed by atoms with Crippen molar-refractivity contribution in [3.63, 3.8) is 0 Å². The first-order valence-corrected chi connectivity index (χ1v) is 9.98. The summed E-state index contributed by atoms with van der Waals surface area (Å²) < 4.78 is 11.8. The van der Waals surface area contributed by atoms with Crippen LogP contribution in [0.15, 0.2) is 29.1 Å². The van der Waals surface area contributed by atoms with Crippen molar-refractivity contribution < 1.29 is 9.47 Å². The summed E-state index contributed by atoms with van der Waals surface area (Å²) in [6.45, 7) is 6.54. The summed E-state index contributed by atoms with van der Waals surface area (Å²) in [6, 6.07) is 7.68. The Morgan fingerprint density at radius 1 is 1.22 bits per heavy atom. The number of fused-ring (bicyclic) bond motifs is 3. The summed E-state index contributed by atoms with van der Waals surface area (Å²) in [5.41, 5.74) is 1.98. The van der Waals surface area contributed by atoms with Gasteiger partial charge in [-0.15, -0.1) is 0 Å². The Kier molecular flexibility index (Phi) is 4.50. The van der Waals surface area contributed by atoms with Crippen molar-refractivity contribution >= 4 is 11.6 Å². The van der Waals surface area contributed by atoms with Crippen molar-refractivity contribution in [3.8, 4) is 22.6 Å². The van der Waals surface area contributed by atoms with E-state index < -0.39 is 0 Å². The minimum absolute atomic E-state index is 0.119. The first-order chi connectivity index (χ1) is 12.8. The van der Waals surface area contributed by atoms with Gasteiger partial charge >= 0.3 is 0 Å². The maximum Gasteiger partial charge on any atom is 0.256 e. The lowest BCUT2D eigenvalue weighted by molar-refractivity contribution is -0.0137. The average Bonchev–Trinajstić information content (AvgIpc) is 2.61.